The Kier molecular flexibility index (Phi) is 35.2. The van der Waals surface area contributed by atoms with E-state index in [1.807, 2.05) is 39.9 Å². The first kappa shape index (κ1) is 53.5. The van der Waals surface area contributed by atoms with Crippen LogP contribution in [0.25, 0.3) is 0 Å². The van der Waals surface area contributed by atoms with Crippen molar-refractivity contribution in [2.24, 2.45) is 5.92 Å². The number of hydrogen-bond acceptors (Lipinski definition) is 8. The van der Waals surface area contributed by atoms with E-state index in [9.17, 15) is 19.2 Å². The summed E-state index contributed by atoms with van der Waals surface area (Å²) < 4.78 is 5.73. The van der Waals surface area contributed by atoms with Gasteiger partial charge in [-0.25, -0.2) is 0 Å². The Morgan fingerprint density at radius 2 is 1.38 bits per heavy atom. The molecule has 0 bridgehead atoms. The molecule has 56 heavy (non-hydrogen) atoms. The number of unbranched alkanes of at least 4 members (excludes halogenated alkanes) is 15. The lowest BCUT2D eigenvalue weighted by molar-refractivity contribution is -0.149. The second-order valence-electron chi connectivity index (χ2n) is 15.4. The van der Waals surface area contributed by atoms with Crippen LogP contribution in [0.3, 0.4) is 0 Å². The van der Waals surface area contributed by atoms with Crippen LogP contribution in [0, 0.1) is 5.92 Å². The fourth-order valence-corrected chi connectivity index (χ4v) is 8.14. The highest BCUT2D eigenvalue weighted by atomic mass is 32.1. The molecule has 2 heterocycles. The Morgan fingerprint density at radius 1 is 0.804 bits per heavy atom. The zero-order chi connectivity index (χ0) is 41.8. The molecule has 2 rings (SSSR count). The van der Waals surface area contributed by atoms with Gasteiger partial charge in [0.25, 0.3) is 5.91 Å². The molecular weight excluding hydrogens is 721 g/mol. The van der Waals surface area contributed by atoms with Crippen LogP contribution in [-0.4, -0.2) is 81.3 Å². The molecule has 1 atom stereocenters. The van der Waals surface area contributed by atoms with Crippen molar-refractivity contribution in [2.45, 2.75) is 195 Å². The van der Waals surface area contributed by atoms with Gasteiger partial charge < -0.3 is 30.0 Å². The summed E-state index contributed by atoms with van der Waals surface area (Å²) in [6.07, 6.45) is 26.6. The first-order chi connectivity index (χ1) is 27.2. The number of ether oxygens (including phenoxy) is 1. The van der Waals surface area contributed by atoms with E-state index < -0.39 is 0 Å². The second kappa shape index (κ2) is 36.9. The molecule has 1 aromatic rings. The highest BCUT2D eigenvalue weighted by Gasteiger charge is 2.29. The first-order valence-electron chi connectivity index (χ1n) is 22.9. The van der Waals surface area contributed by atoms with Crippen molar-refractivity contribution >= 4 is 40.4 Å². The Hall–Kier alpha value is -2.46. The van der Waals surface area contributed by atoms with E-state index in [1.165, 1.54) is 77.0 Å². The van der Waals surface area contributed by atoms with E-state index in [-0.39, 0.29) is 23.7 Å². The lowest BCUT2D eigenvalue weighted by Gasteiger charge is -2.27. The number of nitrogens with one attached hydrogen (secondary N) is 2. The van der Waals surface area contributed by atoms with Gasteiger partial charge in [-0.05, 0) is 77.6 Å². The summed E-state index contributed by atoms with van der Waals surface area (Å²) in [5.74, 6) is 0.159. The van der Waals surface area contributed by atoms with Crippen LogP contribution in [0.2, 0.25) is 0 Å². The van der Waals surface area contributed by atoms with E-state index in [1.54, 1.807) is 11.3 Å². The fraction of sp³-hybridized carbons (Fsp3) is 0.826. The Morgan fingerprint density at radius 3 is 1.96 bits per heavy atom. The van der Waals surface area contributed by atoms with E-state index in [2.05, 4.69) is 36.3 Å². The lowest BCUT2D eigenvalue weighted by atomic mass is 9.94. The zero-order valence-corrected chi connectivity index (χ0v) is 38.3. The van der Waals surface area contributed by atoms with Crippen molar-refractivity contribution in [3.05, 3.63) is 16.0 Å². The maximum atomic E-state index is 13.0. The minimum absolute atomic E-state index is 0.0150. The van der Waals surface area contributed by atoms with Crippen molar-refractivity contribution in [3.63, 3.8) is 0 Å². The van der Waals surface area contributed by atoms with Crippen molar-refractivity contribution < 1.29 is 23.9 Å². The molecule has 2 amide bonds. The second-order valence-corrected chi connectivity index (χ2v) is 16.5. The molecule has 0 radical (unpaired) electrons. The molecule has 0 saturated heterocycles. The number of carbonyl (C=O) groups is 4. The van der Waals surface area contributed by atoms with Crippen LogP contribution >= 0.6 is 11.3 Å². The summed E-state index contributed by atoms with van der Waals surface area (Å²) in [7, 11) is 5.91. The molecule has 0 aliphatic carbocycles. The Balaban J connectivity index is 0.00000240. The van der Waals surface area contributed by atoms with Crippen molar-refractivity contribution in [1.82, 2.24) is 15.1 Å². The average Bonchev–Trinajstić information content (AvgIpc) is 3.59. The van der Waals surface area contributed by atoms with Crippen LogP contribution in [0.4, 0.5) is 5.00 Å². The highest BCUT2D eigenvalue weighted by molar-refractivity contribution is 7.16. The molecule has 1 aliphatic rings. The molecule has 1 aliphatic heterocycles. The Labute approximate surface area is 348 Å². The van der Waals surface area contributed by atoms with Crippen LogP contribution in [-0.2, 0) is 32.1 Å². The summed E-state index contributed by atoms with van der Waals surface area (Å²) in [6.45, 7) is 13.9. The van der Waals surface area contributed by atoms with E-state index in [4.69, 9.17) is 4.74 Å². The number of rotatable bonds is 31. The molecule has 0 aromatic carbocycles. The topological polar surface area (TPSA) is 108 Å². The summed E-state index contributed by atoms with van der Waals surface area (Å²) in [4.78, 5) is 53.9. The van der Waals surface area contributed by atoms with Gasteiger partial charge in [-0.1, -0.05) is 125 Å². The minimum atomic E-state index is -0.0266. The Bertz CT molecular complexity index is 1140. The number of thiophene rings is 1. The molecule has 0 fully saturated rings. The molecule has 0 saturated carbocycles. The van der Waals surface area contributed by atoms with Gasteiger partial charge in [-0.3, -0.25) is 14.4 Å². The molecule has 2 N–H and O–H groups in total. The highest BCUT2D eigenvalue weighted by Crippen LogP contribution is 2.37. The monoisotopic (exact) mass is 807 g/mol. The van der Waals surface area contributed by atoms with Gasteiger partial charge in [0, 0.05) is 37.9 Å². The van der Waals surface area contributed by atoms with Crippen molar-refractivity contribution in [1.29, 1.82) is 0 Å². The van der Waals surface area contributed by atoms with E-state index in [0.717, 1.165) is 98.0 Å². The summed E-state index contributed by atoms with van der Waals surface area (Å²) in [5.41, 5.74) is 1.83. The predicted molar refractivity (Wildman–Crippen MR) is 239 cm³/mol. The third kappa shape index (κ3) is 25.0. The number of amides is 2. The third-order valence-corrected chi connectivity index (χ3v) is 11.5. The maximum Gasteiger partial charge on any atom is 0.308 e. The zero-order valence-electron chi connectivity index (χ0n) is 37.5. The van der Waals surface area contributed by atoms with E-state index >= 15 is 0 Å². The van der Waals surface area contributed by atoms with Crippen molar-refractivity contribution in [3.8, 4) is 0 Å². The van der Waals surface area contributed by atoms with Gasteiger partial charge in [0.05, 0.1) is 24.6 Å². The van der Waals surface area contributed by atoms with Gasteiger partial charge in [0.2, 0.25) is 5.91 Å². The number of carbonyl (C=O) groups excluding carboxylic acids is 4. The van der Waals surface area contributed by atoms with Gasteiger partial charge in [0.1, 0.15) is 11.3 Å². The quantitative estimate of drug-likeness (QED) is 0.0437. The number of nitrogens with zero attached hydrogens (tertiary/aromatic N) is 2. The van der Waals surface area contributed by atoms with Crippen molar-refractivity contribution in [2.75, 3.05) is 52.7 Å². The molecule has 9 nitrogen and oxygen atoms in total. The summed E-state index contributed by atoms with van der Waals surface area (Å²) in [6, 6.07) is 0. The van der Waals surface area contributed by atoms with Gasteiger partial charge in [0.15, 0.2) is 0 Å². The standard InChI is InChI=1S/C36H64N4O4S.C8H16O.C2H6/c1-6-8-10-12-13-16-21-29(20-15-11-9-7-2)36(43)44-27-18-14-17-22-32(41)40-26-23-30-31(28-40)45-35(37-3)33(30)34(42)38-24-19-25-39(4)5;1-2-3-4-5-6-7-8-9;1-2/h29,37H,6-28H2,1-5H3,(H,38,42);8H,2-7H2,1H3;1-2H3. The lowest BCUT2D eigenvalue weighted by Crippen LogP contribution is -2.36. The minimum Gasteiger partial charge on any atom is -0.465 e. The normalized spacial score (nSPS) is 12.5. The largest absolute Gasteiger partial charge is 0.465 e. The van der Waals surface area contributed by atoms with Crippen LogP contribution < -0.4 is 10.6 Å². The number of hydrogen-bond donors (Lipinski definition) is 2. The molecule has 10 heteroatoms. The maximum absolute atomic E-state index is 13.0. The number of esters is 1. The number of fused-ring (bicyclic) bond motifs is 1. The molecule has 0 spiro atoms. The molecule has 1 aromatic heterocycles. The summed E-state index contributed by atoms with van der Waals surface area (Å²) in [5, 5.41) is 7.15. The van der Waals surface area contributed by atoms with Crippen LogP contribution in [0.15, 0.2) is 0 Å². The predicted octanol–water partition coefficient (Wildman–Crippen LogP) is 11.4. The SMILES string of the molecule is CC.CCCCCCCC=O.CCCCCCCCC(CCCCCC)C(=O)OCCCCCC(=O)N1CCc2c(sc(NC)c2C(=O)NCCCN(C)C)C1. The van der Waals surface area contributed by atoms with Crippen LogP contribution in [0.1, 0.15) is 203 Å². The van der Waals surface area contributed by atoms with Gasteiger partial charge in [-0.2, -0.15) is 0 Å². The summed E-state index contributed by atoms with van der Waals surface area (Å²) >= 11 is 1.59. The first-order valence-corrected chi connectivity index (χ1v) is 23.7. The fourth-order valence-electron chi connectivity index (χ4n) is 6.92. The van der Waals surface area contributed by atoms with E-state index in [0.29, 0.717) is 39.1 Å². The third-order valence-electron chi connectivity index (χ3n) is 10.3. The smallest absolute Gasteiger partial charge is 0.308 e. The average molecular weight is 807 g/mol. The van der Waals surface area contributed by atoms with Crippen LogP contribution in [0.5, 0.6) is 0 Å². The molecule has 1 unspecified atom stereocenters. The molecule has 326 valence electrons. The number of anilines is 1. The number of aldehydes is 1. The van der Waals surface area contributed by atoms with Gasteiger partial charge in [-0.15, -0.1) is 11.3 Å². The molecular formula is C46H86N4O5S. The van der Waals surface area contributed by atoms with Gasteiger partial charge >= 0.3 is 5.97 Å².